The summed E-state index contributed by atoms with van der Waals surface area (Å²) >= 11 is 3.42. The molecule has 0 saturated heterocycles. The average molecular weight is 375 g/mol. The van der Waals surface area contributed by atoms with Gasteiger partial charge in [0, 0.05) is 10.7 Å². The standard InChI is InChI=1S/C17H15BrN2O3/c1-10(2)9-23-16-13(18)6-12(8-15(16)19-3)14-7-11(17(21)22)4-5-20-14/h4-8,10H,9H2,1-2H3,(H,21,22). The fourth-order valence-corrected chi connectivity index (χ4v) is 2.49. The molecule has 0 aliphatic rings. The summed E-state index contributed by atoms with van der Waals surface area (Å²) in [7, 11) is 0. The van der Waals surface area contributed by atoms with Crippen LogP contribution in [0.1, 0.15) is 24.2 Å². The summed E-state index contributed by atoms with van der Waals surface area (Å²) in [4.78, 5) is 18.8. The molecule has 6 heteroatoms. The largest absolute Gasteiger partial charge is 0.503 e. The normalized spacial score (nSPS) is 10.4. The van der Waals surface area contributed by atoms with E-state index < -0.39 is 5.97 Å². The molecule has 5 nitrogen and oxygen atoms in total. The Balaban J connectivity index is 2.46. The Morgan fingerprint density at radius 1 is 1.43 bits per heavy atom. The summed E-state index contributed by atoms with van der Waals surface area (Å²) < 4.78 is 6.34. The monoisotopic (exact) mass is 374 g/mol. The topological polar surface area (TPSA) is 63.8 Å². The van der Waals surface area contributed by atoms with Gasteiger partial charge >= 0.3 is 5.97 Å². The van der Waals surface area contributed by atoms with Gasteiger partial charge in [0.05, 0.1) is 24.4 Å². The van der Waals surface area contributed by atoms with Crippen molar-refractivity contribution >= 4 is 27.6 Å². The van der Waals surface area contributed by atoms with Crippen LogP contribution in [0, 0.1) is 12.5 Å². The first-order valence-corrected chi connectivity index (χ1v) is 7.75. The predicted molar refractivity (Wildman–Crippen MR) is 90.9 cm³/mol. The number of nitrogens with zero attached hydrogens (tertiary/aromatic N) is 2. The summed E-state index contributed by atoms with van der Waals surface area (Å²) in [6.45, 7) is 11.9. The van der Waals surface area contributed by atoms with E-state index in [4.69, 9.17) is 16.4 Å². The smallest absolute Gasteiger partial charge is 0.335 e. The van der Waals surface area contributed by atoms with Gasteiger partial charge in [-0.3, -0.25) is 4.98 Å². The van der Waals surface area contributed by atoms with Crippen molar-refractivity contribution in [2.75, 3.05) is 6.61 Å². The van der Waals surface area contributed by atoms with Crippen molar-refractivity contribution in [1.29, 1.82) is 0 Å². The molecule has 1 N–H and O–H groups in total. The van der Waals surface area contributed by atoms with E-state index in [1.54, 1.807) is 12.1 Å². The molecule has 0 saturated carbocycles. The Bertz CT molecular complexity index is 782. The lowest BCUT2D eigenvalue weighted by Crippen LogP contribution is -2.05. The van der Waals surface area contributed by atoms with Gasteiger partial charge < -0.3 is 9.84 Å². The molecule has 0 atom stereocenters. The maximum absolute atomic E-state index is 11.1. The van der Waals surface area contributed by atoms with Crippen LogP contribution in [0.3, 0.4) is 0 Å². The van der Waals surface area contributed by atoms with Crippen LogP contribution in [-0.2, 0) is 0 Å². The molecule has 0 amide bonds. The van der Waals surface area contributed by atoms with E-state index in [0.717, 1.165) is 0 Å². The zero-order chi connectivity index (χ0) is 17.0. The number of halogens is 1. The van der Waals surface area contributed by atoms with Crippen LogP contribution in [0.5, 0.6) is 5.75 Å². The van der Waals surface area contributed by atoms with Gasteiger partial charge in [0.1, 0.15) is 5.75 Å². The second-order valence-electron chi connectivity index (χ2n) is 5.36. The fourth-order valence-electron chi connectivity index (χ4n) is 1.92. The molecule has 2 aromatic rings. The van der Waals surface area contributed by atoms with Crippen molar-refractivity contribution in [1.82, 2.24) is 4.98 Å². The van der Waals surface area contributed by atoms with E-state index >= 15 is 0 Å². The van der Waals surface area contributed by atoms with E-state index in [9.17, 15) is 4.79 Å². The van der Waals surface area contributed by atoms with Gasteiger partial charge in [0.25, 0.3) is 0 Å². The molecule has 0 fully saturated rings. The highest BCUT2D eigenvalue weighted by Crippen LogP contribution is 2.39. The van der Waals surface area contributed by atoms with Gasteiger partial charge in [0.2, 0.25) is 5.69 Å². The Kier molecular flexibility index (Phi) is 5.35. The van der Waals surface area contributed by atoms with Gasteiger partial charge in [-0.15, -0.1) is 0 Å². The van der Waals surface area contributed by atoms with Crippen LogP contribution in [0.15, 0.2) is 34.9 Å². The van der Waals surface area contributed by atoms with Crippen LogP contribution >= 0.6 is 15.9 Å². The number of pyridine rings is 1. The summed E-state index contributed by atoms with van der Waals surface area (Å²) in [6, 6.07) is 6.34. The first-order chi connectivity index (χ1) is 10.9. The van der Waals surface area contributed by atoms with Crippen molar-refractivity contribution in [2.45, 2.75) is 13.8 Å². The highest BCUT2D eigenvalue weighted by atomic mass is 79.9. The summed E-state index contributed by atoms with van der Waals surface area (Å²) in [5.74, 6) is -0.184. The van der Waals surface area contributed by atoms with E-state index in [2.05, 4.69) is 25.8 Å². The van der Waals surface area contributed by atoms with E-state index in [1.807, 2.05) is 13.8 Å². The van der Waals surface area contributed by atoms with Gasteiger partial charge in [-0.25, -0.2) is 9.64 Å². The number of carboxylic acid groups (broad SMARTS) is 1. The number of aromatic nitrogens is 1. The molecule has 0 spiro atoms. The third-order valence-electron chi connectivity index (χ3n) is 3.01. The predicted octanol–water partition coefficient (Wildman–Crippen LogP) is 4.79. The minimum atomic E-state index is -1.02. The number of benzene rings is 1. The lowest BCUT2D eigenvalue weighted by Gasteiger charge is -2.13. The lowest BCUT2D eigenvalue weighted by molar-refractivity contribution is 0.0697. The lowest BCUT2D eigenvalue weighted by atomic mass is 10.1. The first-order valence-electron chi connectivity index (χ1n) is 6.96. The van der Waals surface area contributed by atoms with Crippen LogP contribution in [-0.4, -0.2) is 22.7 Å². The number of rotatable bonds is 5. The average Bonchev–Trinajstić information content (AvgIpc) is 2.52. The van der Waals surface area contributed by atoms with Crippen molar-refractivity contribution in [3.8, 4) is 17.0 Å². The van der Waals surface area contributed by atoms with Crippen molar-refractivity contribution in [3.05, 3.63) is 51.9 Å². The molecule has 23 heavy (non-hydrogen) atoms. The van der Waals surface area contributed by atoms with Crippen molar-refractivity contribution in [3.63, 3.8) is 0 Å². The minimum Gasteiger partial charge on any atom is -0.503 e. The van der Waals surface area contributed by atoms with Gasteiger partial charge in [-0.1, -0.05) is 13.8 Å². The quantitative estimate of drug-likeness (QED) is 0.763. The molecule has 0 unspecified atom stereocenters. The Morgan fingerprint density at radius 3 is 2.78 bits per heavy atom. The van der Waals surface area contributed by atoms with E-state index in [0.29, 0.717) is 39.7 Å². The summed E-state index contributed by atoms with van der Waals surface area (Å²) in [5.41, 5.74) is 1.65. The van der Waals surface area contributed by atoms with Crippen LogP contribution < -0.4 is 4.74 Å². The third-order valence-corrected chi connectivity index (χ3v) is 3.60. The van der Waals surface area contributed by atoms with Crippen molar-refractivity contribution in [2.24, 2.45) is 5.92 Å². The molecule has 0 radical (unpaired) electrons. The number of aromatic carboxylic acids is 1. The van der Waals surface area contributed by atoms with Crippen LogP contribution in [0.25, 0.3) is 16.1 Å². The van der Waals surface area contributed by atoms with Gasteiger partial charge in [-0.2, -0.15) is 0 Å². The molecule has 1 aromatic heterocycles. The Hall–Kier alpha value is -2.39. The number of carboxylic acids is 1. The SMILES string of the molecule is [C-]#[N+]c1cc(-c2cc(C(=O)O)ccn2)cc(Br)c1OCC(C)C. The molecule has 1 heterocycles. The van der Waals surface area contributed by atoms with Gasteiger partial charge in [0.15, 0.2) is 0 Å². The highest BCUT2D eigenvalue weighted by Gasteiger charge is 2.14. The number of ether oxygens (including phenoxy) is 1. The van der Waals surface area contributed by atoms with Crippen LogP contribution in [0.4, 0.5) is 5.69 Å². The maximum Gasteiger partial charge on any atom is 0.335 e. The minimum absolute atomic E-state index is 0.149. The first kappa shape index (κ1) is 17.0. The zero-order valence-electron chi connectivity index (χ0n) is 12.7. The molecule has 118 valence electrons. The summed E-state index contributed by atoms with van der Waals surface area (Å²) in [6.07, 6.45) is 1.44. The summed E-state index contributed by atoms with van der Waals surface area (Å²) in [5, 5.41) is 9.07. The maximum atomic E-state index is 11.1. The Labute approximate surface area is 142 Å². The van der Waals surface area contributed by atoms with Crippen molar-refractivity contribution < 1.29 is 14.6 Å². The second kappa shape index (κ2) is 7.25. The molecular formula is C17H15BrN2O3. The number of hydrogen-bond donors (Lipinski definition) is 1. The van der Waals surface area contributed by atoms with Gasteiger partial charge in [-0.05, 0) is 51.7 Å². The molecule has 0 aliphatic carbocycles. The molecule has 2 rings (SSSR count). The molecule has 0 bridgehead atoms. The zero-order valence-corrected chi connectivity index (χ0v) is 14.3. The van der Waals surface area contributed by atoms with Crippen LogP contribution in [0.2, 0.25) is 0 Å². The molecular weight excluding hydrogens is 360 g/mol. The van der Waals surface area contributed by atoms with E-state index in [1.165, 1.54) is 18.3 Å². The third kappa shape index (κ3) is 4.08. The molecule has 1 aromatic carbocycles. The fraction of sp³-hybridized carbons (Fsp3) is 0.235. The van der Waals surface area contributed by atoms with E-state index in [-0.39, 0.29) is 5.56 Å². The highest BCUT2D eigenvalue weighted by molar-refractivity contribution is 9.10. The number of carbonyl (C=O) groups is 1. The Morgan fingerprint density at radius 2 is 2.17 bits per heavy atom. The second-order valence-corrected chi connectivity index (χ2v) is 6.21. The molecule has 0 aliphatic heterocycles. The number of hydrogen-bond acceptors (Lipinski definition) is 3.